The molecular weight excluding hydrogens is 439 g/mol. The second kappa shape index (κ2) is 11.2. The molecule has 0 bridgehead atoms. The summed E-state index contributed by atoms with van der Waals surface area (Å²) in [5.74, 6) is 1.65. The highest BCUT2D eigenvalue weighted by Crippen LogP contribution is 2.15. The molecule has 0 spiro atoms. The van der Waals surface area contributed by atoms with Crippen LogP contribution in [0.2, 0.25) is 0 Å². The fourth-order valence-corrected chi connectivity index (χ4v) is 2.67. The first-order valence-electron chi connectivity index (χ1n) is 8.87. The summed E-state index contributed by atoms with van der Waals surface area (Å²) in [5.41, 5.74) is 1.20. The molecule has 1 heterocycles. The molecule has 0 aliphatic rings. The summed E-state index contributed by atoms with van der Waals surface area (Å²) in [5, 5.41) is 10.4. The Kier molecular flexibility index (Phi) is 9.72. The quantitative estimate of drug-likeness (QED) is 0.309. The predicted octanol–water partition coefficient (Wildman–Crippen LogP) is 4.08. The first kappa shape index (κ1) is 22.5. The van der Waals surface area contributed by atoms with Gasteiger partial charge in [-0.25, -0.2) is 4.99 Å². The summed E-state index contributed by atoms with van der Waals surface area (Å²) in [4.78, 5) is 4.57. The largest absolute Gasteiger partial charge is 0.467 e. The van der Waals surface area contributed by atoms with Crippen molar-refractivity contribution in [2.45, 2.75) is 45.8 Å². The van der Waals surface area contributed by atoms with Gasteiger partial charge in [0.25, 0.3) is 0 Å². The zero-order chi connectivity index (χ0) is 18.1. The zero-order valence-corrected chi connectivity index (χ0v) is 18.4. The fraction of sp³-hybridized carbons (Fsp3) is 0.450. The van der Waals surface area contributed by atoms with E-state index in [0.29, 0.717) is 6.54 Å². The van der Waals surface area contributed by atoms with Crippen molar-refractivity contribution >= 4 is 29.9 Å². The predicted molar refractivity (Wildman–Crippen MR) is 119 cm³/mol. The molecule has 3 N–H and O–H groups in total. The third kappa shape index (κ3) is 7.78. The first-order valence-corrected chi connectivity index (χ1v) is 8.87. The van der Waals surface area contributed by atoms with Gasteiger partial charge in [0.15, 0.2) is 5.96 Å². The van der Waals surface area contributed by atoms with E-state index in [1.54, 1.807) is 6.26 Å². The van der Waals surface area contributed by atoms with Crippen LogP contribution in [0.25, 0.3) is 0 Å². The average molecular weight is 470 g/mol. The monoisotopic (exact) mass is 470 g/mol. The number of halogens is 1. The molecule has 0 amide bonds. The molecule has 1 unspecified atom stereocenters. The van der Waals surface area contributed by atoms with Gasteiger partial charge in [0, 0.05) is 24.7 Å². The number of nitrogens with zero attached hydrogens (tertiary/aromatic N) is 1. The van der Waals surface area contributed by atoms with Gasteiger partial charge in [0.1, 0.15) is 12.3 Å². The van der Waals surface area contributed by atoms with Gasteiger partial charge in [-0.1, -0.05) is 30.3 Å². The lowest BCUT2D eigenvalue weighted by Crippen LogP contribution is -2.52. The summed E-state index contributed by atoms with van der Waals surface area (Å²) >= 11 is 0. The molecule has 0 saturated heterocycles. The molecule has 1 atom stereocenters. The molecule has 144 valence electrons. The number of benzene rings is 1. The van der Waals surface area contributed by atoms with Gasteiger partial charge in [0.2, 0.25) is 0 Å². The van der Waals surface area contributed by atoms with Crippen molar-refractivity contribution in [3.63, 3.8) is 0 Å². The van der Waals surface area contributed by atoms with E-state index < -0.39 is 0 Å². The molecule has 0 saturated carbocycles. The van der Waals surface area contributed by atoms with Crippen LogP contribution < -0.4 is 16.0 Å². The summed E-state index contributed by atoms with van der Waals surface area (Å²) in [6.07, 6.45) is 1.67. The van der Waals surface area contributed by atoms with Crippen molar-refractivity contribution in [1.82, 2.24) is 16.0 Å². The van der Waals surface area contributed by atoms with Gasteiger partial charge in [-0.05, 0) is 45.4 Å². The molecule has 2 aromatic rings. The smallest absolute Gasteiger partial charge is 0.191 e. The molecule has 2 rings (SSSR count). The minimum absolute atomic E-state index is 0. The van der Waals surface area contributed by atoms with E-state index in [0.717, 1.165) is 24.8 Å². The Labute approximate surface area is 174 Å². The summed E-state index contributed by atoms with van der Waals surface area (Å²) in [7, 11) is 0. The van der Waals surface area contributed by atoms with E-state index >= 15 is 0 Å². The number of furan rings is 1. The maximum atomic E-state index is 5.33. The number of aliphatic imine (C=N–C) groups is 1. The van der Waals surface area contributed by atoms with E-state index in [-0.39, 0.29) is 35.6 Å². The minimum Gasteiger partial charge on any atom is -0.467 e. The lowest BCUT2D eigenvalue weighted by atomic mass is 10.0. The number of hydrogen-bond acceptors (Lipinski definition) is 3. The number of rotatable bonds is 8. The van der Waals surface area contributed by atoms with Crippen LogP contribution in [0.1, 0.15) is 45.1 Å². The molecule has 0 aliphatic heterocycles. The lowest BCUT2D eigenvalue weighted by Gasteiger charge is -2.31. The van der Waals surface area contributed by atoms with Gasteiger partial charge < -0.3 is 20.4 Å². The Morgan fingerprint density at radius 1 is 1.12 bits per heavy atom. The number of nitrogens with one attached hydrogen (secondary N) is 3. The van der Waals surface area contributed by atoms with E-state index in [1.807, 2.05) is 18.2 Å². The van der Waals surface area contributed by atoms with E-state index in [4.69, 9.17) is 4.42 Å². The van der Waals surface area contributed by atoms with Crippen molar-refractivity contribution in [2.75, 3.05) is 13.1 Å². The molecule has 1 aromatic heterocycles. The molecular formula is C20H31IN4O. The third-order valence-electron chi connectivity index (χ3n) is 3.92. The van der Waals surface area contributed by atoms with E-state index in [9.17, 15) is 0 Å². The van der Waals surface area contributed by atoms with Crippen molar-refractivity contribution in [2.24, 2.45) is 4.99 Å². The first-order chi connectivity index (χ1) is 12.0. The van der Waals surface area contributed by atoms with Crippen LogP contribution in [0, 0.1) is 0 Å². The summed E-state index contributed by atoms with van der Waals surface area (Å²) < 4.78 is 5.33. The van der Waals surface area contributed by atoms with Crippen molar-refractivity contribution in [1.29, 1.82) is 0 Å². The van der Waals surface area contributed by atoms with Gasteiger partial charge in [-0.3, -0.25) is 0 Å². The van der Waals surface area contributed by atoms with Crippen LogP contribution in [-0.4, -0.2) is 24.6 Å². The normalized spacial score (nSPS) is 13.0. The molecule has 0 fully saturated rings. The SMILES string of the molecule is CCNC(=NCc1ccco1)NCC(C)(C)NC(C)c1ccccc1.I. The highest BCUT2D eigenvalue weighted by atomic mass is 127. The van der Waals surface area contributed by atoms with Crippen LogP contribution in [0.4, 0.5) is 0 Å². The van der Waals surface area contributed by atoms with Gasteiger partial charge in [0.05, 0.1) is 6.26 Å². The van der Waals surface area contributed by atoms with Crippen molar-refractivity contribution < 1.29 is 4.42 Å². The topological polar surface area (TPSA) is 61.6 Å². The minimum atomic E-state index is -0.0872. The Hall–Kier alpha value is -1.54. The standard InChI is InChI=1S/C20H30N4O.HI/c1-5-21-19(22-14-18-12-9-13-25-18)23-15-20(3,4)24-16(2)17-10-7-6-8-11-17;/h6-13,16,24H,5,14-15H2,1-4H3,(H2,21,22,23);1H. The maximum absolute atomic E-state index is 5.33. The second-order valence-corrected chi connectivity index (χ2v) is 6.79. The highest BCUT2D eigenvalue weighted by molar-refractivity contribution is 14.0. The van der Waals surface area contributed by atoms with Crippen molar-refractivity contribution in [3.05, 3.63) is 60.1 Å². The van der Waals surface area contributed by atoms with Gasteiger partial charge in [-0.15, -0.1) is 24.0 Å². The molecule has 0 aliphatic carbocycles. The van der Waals surface area contributed by atoms with Crippen LogP contribution in [0.15, 0.2) is 58.1 Å². The highest BCUT2D eigenvalue weighted by Gasteiger charge is 2.21. The number of guanidine groups is 1. The van der Waals surface area contributed by atoms with Crippen LogP contribution in [-0.2, 0) is 6.54 Å². The van der Waals surface area contributed by atoms with E-state index in [2.05, 4.69) is 72.9 Å². The van der Waals surface area contributed by atoms with Crippen LogP contribution in [0.3, 0.4) is 0 Å². The Morgan fingerprint density at radius 3 is 2.46 bits per heavy atom. The molecule has 5 nitrogen and oxygen atoms in total. The lowest BCUT2D eigenvalue weighted by molar-refractivity contribution is 0.344. The zero-order valence-electron chi connectivity index (χ0n) is 16.1. The van der Waals surface area contributed by atoms with Crippen molar-refractivity contribution in [3.8, 4) is 0 Å². The Bertz CT molecular complexity index is 641. The number of hydrogen-bond donors (Lipinski definition) is 3. The second-order valence-electron chi connectivity index (χ2n) is 6.79. The van der Waals surface area contributed by atoms with Gasteiger partial charge in [-0.2, -0.15) is 0 Å². The van der Waals surface area contributed by atoms with Gasteiger partial charge >= 0.3 is 0 Å². The van der Waals surface area contributed by atoms with Crippen LogP contribution >= 0.6 is 24.0 Å². The molecule has 6 heteroatoms. The Balaban J connectivity index is 0.00000338. The average Bonchev–Trinajstić information content (AvgIpc) is 3.11. The Morgan fingerprint density at radius 2 is 1.85 bits per heavy atom. The third-order valence-corrected chi connectivity index (χ3v) is 3.92. The fourth-order valence-electron chi connectivity index (χ4n) is 2.67. The summed E-state index contributed by atoms with van der Waals surface area (Å²) in [6.45, 7) is 10.7. The van der Waals surface area contributed by atoms with Crippen LogP contribution in [0.5, 0.6) is 0 Å². The molecule has 26 heavy (non-hydrogen) atoms. The molecule has 1 aromatic carbocycles. The summed E-state index contributed by atoms with van der Waals surface area (Å²) in [6, 6.07) is 14.6. The maximum Gasteiger partial charge on any atom is 0.191 e. The molecule has 0 radical (unpaired) electrons. The van der Waals surface area contributed by atoms with E-state index in [1.165, 1.54) is 5.56 Å².